The van der Waals surface area contributed by atoms with Crippen molar-refractivity contribution in [1.82, 2.24) is 10.3 Å². The Bertz CT molecular complexity index is 403. The molecule has 2 rings (SSSR count). The minimum absolute atomic E-state index is 0.622. The largest absolute Gasteiger partial charge is 0.351 e. The van der Waals surface area contributed by atoms with E-state index < -0.39 is 0 Å². The molecule has 2 heterocycles. The molecule has 0 spiro atoms. The van der Waals surface area contributed by atoms with Gasteiger partial charge in [0.25, 0.3) is 0 Å². The van der Waals surface area contributed by atoms with Gasteiger partial charge in [-0.2, -0.15) is 0 Å². The molecule has 0 bridgehead atoms. The predicted octanol–water partition coefficient (Wildman–Crippen LogP) is 2.88. The monoisotopic (exact) mass is 247 g/mol. The van der Waals surface area contributed by atoms with Crippen LogP contribution in [0, 0.1) is 6.92 Å². The van der Waals surface area contributed by atoms with Crippen molar-refractivity contribution in [2.45, 2.75) is 58.7 Å². The molecule has 0 aromatic carbocycles. The molecule has 3 nitrogen and oxygen atoms in total. The fourth-order valence-electron chi connectivity index (χ4n) is 3.05. The van der Waals surface area contributed by atoms with Crippen LogP contribution in [0.3, 0.4) is 0 Å². The number of pyridine rings is 1. The summed E-state index contributed by atoms with van der Waals surface area (Å²) < 4.78 is 0. The molecular weight excluding hydrogens is 222 g/mol. The zero-order valence-corrected chi connectivity index (χ0v) is 12.0. The molecule has 0 amide bonds. The standard InChI is InChI=1S/C15H25N3/c1-5-14-7-6-12(3)18(14)15-11(2)8-13(9-16-4)10-17-15/h8,10,12,14,16H,5-7,9H2,1-4H3. The van der Waals surface area contributed by atoms with Crippen LogP contribution in [0.5, 0.6) is 0 Å². The Balaban J connectivity index is 2.27. The smallest absolute Gasteiger partial charge is 0.131 e. The van der Waals surface area contributed by atoms with Crippen LogP contribution in [0.1, 0.15) is 44.2 Å². The first kappa shape index (κ1) is 13.3. The summed E-state index contributed by atoms with van der Waals surface area (Å²) in [7, 11) is 1.97. The first-order valence-corrected chi connectivity index (χ1v) is 7.05. The van der Waals surface area contributed by atoms with Gasteiger partial charge in [-0.15, -0.1) is 0 Å². The third kappa shape index (κ3) is 2.51. The van der Waals surface area contributed by atoms with E-state index in [1.54, 1.807) is 0 Å². The highest BCUT2D eigenvalue weighted by atomic mass is 15.3. The van der Waals surface area contributed by atoms with Crippen LogP contribution in [-0.4, -0.2) is 24.1 Å². The first-order chi connectivity index (χ1) is 8.67. The van der Waals surface area contributed by atoms with E-state index in [4.69, 9.17) is 4.98 Å². The maximum Gasteiger partial charge on any atom is 0.131 e. The zero-order valence-electron chi connectivity index (χ0n) is 12.0. The van der Waals surface area contributed by atoms with Crippen molar-refractivity contribution in [3.63, 3.8) is 0 Å². The lowest BCUT2D eigenvalue weighted by Crippen LogP contribution is -2.35. The Labute approximate surface area is 111 Å². The Morgan fingerprint density at radius 2 is 2.22 bits per heavy atom. The number of nitrogens with one attached hydrogen (secondary N) is 1. The van der Waals surface area contributed by atoms with Gasteiger partial charge in [0.15, 0.2) is 0 Å². The summed E-state index contributed by atoms with van der Waals surface area (Å²) in [5.41, 5.74) is 2.56. The average molecular weight is 247 g/mol. The van der Waals surface area contributed by atoms with Gasteiger partial charge in [0.05, 0.1) is 0 Å². The lowest BCUT2D eigenvalue weighted by molar-refractivity contribution is 0.619. The minimum atomic E-state index is 0.622. The molecule has 3 heteroatoms. The van der Waals surface area contributed by atoms with Gasteiger partial charge in [0.1, 0.15) is 5.82 Å². The van der Waals surface area contributed by atoms with Crippen LogP contribution >= 0.6 is 0 Å². The van der Waals surface area contributed by atoms with Crippen LogP contribution in [0.4, 0.5) is 5.82 Å². The molecule has 1 aliphatic rings. The number of anilines is 1. The van der Waals surface area contributed by atoms with E-state index >= 15 is 0 Å². The fourth-order valence-corrected chi connectivity index (χ4v) is 3.05. The van der Waals surface area contributed by atoms with Gasteiger partial charge in [0, 0.05) is 24.8 Å². The number of aryl methyl sites for hydroxylation is 1. The van der Waals surface area contributed by atoms with Crippen LogP contribution < -0.4 is 10.2 Å². The van der Waals surface area contributed by atoms with Crippen molar-refractivity contribution < 1.29 is 0 Å². The normalized spacial score (nSPS) is 23.7. The third-order valence-corrected chi connectivity index (χ3v) is 3.99. The summed E-state index contributed by atoms with van der Waals surface area (Å²) in [5.74, 6) is 1.19. The molecule has 1 aliphatic heterocycles. The highest BCUT2D eigenvalue weighted by molar-refractivity contribution is 5.50. The van der Waals surface area contributed by atoms with Gasteiger partial charge in [0.2, 0.25) is 0 Å². The van der Waals surface area contributed by atoms with Gasteiger partial charge >= 0.3 is 0 Å². The first-order valence-electron chi connectivity index (χ1n) is 7.05. The van der Waals surface area contributed by atoms with Gasteiger partial charge < -0.3 is 10.2 Å². The highest BCUT2D eigenvalue weighted by Gasteiger charge is 2.30. The average Bonchev–Trinajstić information content (AvgIpc) is 2.71. The van der Waals surface area contributed by atoms with Crippen molar-refractivity contribution >= 4 is 5.82 Å². The molecule has 0 radical (unpaired) electrons. The summed E-state index contributed by atoms with van der Waals surface area (Å²) >= 11 is 0. The number of nitrogens with zero attached hydrogens (tertiary/aromatic N) is 2. The predicted molar refractivity (Wildman–Crippen MR) is 77.0 cm³/mol. The van der Waals surface area contributed by atoms with Gasteiger partial charge in [-0.05, 0) is 57.4 Å². The molecular formula is C15H25N3. The second-order valence-corrected chi connectivity index (χ2v) is 5.41. The molecule has 1 N–H and O–H groups in total. The quantitative estimate of drug-likeness (QED) is 0.886. The molecule has 2 unspecified atom stereocenters. The molecule has 0 saturated carbocycles. The Kier molecular flexibility index (Phi) is 4.23. The molecule has 1 fully saturated rings. The topological polar surface area (TPSA) is 28.2 Å². The molecule has 1 aromatic rings. The summed E-state index contributed by atoms with van der Waals surface area (Å²) in [5, 5.41) is 3.18. The Morgan fingerprint density at radius 1 is 1.44 bits per heavy atom. The summed E-state index contributed by atoms with van der Waals surface area (Å²) in [6, 6.07) is 3.55. The SMILES string of the molecule is CCC1CCC(C)N1c1ncc(CNC)cc1C. The van der Waals surface area contributed by atoms with Gasteiger partial charge in [-0.25, -0.2) is 4.98 Å². The van der Waals surface area contributed by atoms with E-state index in [0.29, 0.717) is 12.1 Å². The van der Waals surface area contributed by atoms with Crippen molar-refractivity contribution in [2.75, 3.05) is 11.9 Å². The zero-order chi connectivity index (χ0) is 13.1. The highest BCUT2D eigenvalue weighted by Crippen LogP contribution is 2.32. The lowest BCUT2D eigenvalue weighted by atomic mass is 10.1. The third-order valence-electron chi connectivity index (χ3n) is 3.99. The fraction of sp³-hybridized carbons (Fsp3) is 0.667. The number of rotatable bonds is 4. The van der Waals surface area contributed by atoms with Crippen molar-refractivity contribution in [1.29, 1.82) is 0 Å². The second-order valence-electron chi connectivity index (χ2n) is 5.41. The Hall–Kier alpha value is -1.09. The number of hydrogen-bond acceptors (Lipinski definition) is 3. The van der Waals surface area contributed by atoms with E-state index in [1.165, 1.54) is 36.2 Å². The second kappa shape index (κ2) is 5.70. The summed E-state index contributed by atoms with van der Waals surface area (Å²) in [4.78, 5) is 7.24. The van der Waals surface area contributed by atoms with Crippen LogP contribution in [0.15, 0.2) is 12.3 Å². The molecule has 100 valence electrons. The lowest BCUT2D eigenvalue weighted by Gasteiger charge is -2.30. The summed E-state index contributed by atoms with van der Waals surface area (Å²) in [6.45, 7) is 7.67. The number of aromatic nitrogens is 1. The molecule has 1 saturated heterocycles. The van der Waals surface area contributed by atoms with Crippen molar-refractivity contribution in [3.05, 3.63) is 23.4 Å². The van der Waals surface area contributed by atoms with E-state index in [1.807, 2.05) is 13.2 Å². The minimum Gasteiger partial charge on any atom is -0.351 e. The molecule has 2 atom stereocenters. The summed E-state index contributed by atoms with van der Waals surface area (Å²) in [6.07, 6.45) is 5.81. The van der Waals surface area contributed by atoms with Crippen molar-refractivity contribution in [3.8, 4) is 0 Å². The van der Waals surface area contributed by atoms with Crippen LogP contribution in [0.2, 0.25) is 0 Å². The maximum absolute atomic E-state index is 4.71. The van der Waals surface area contributed by atoms with E-state index in [9.17, 15) is 0 Å². The van der Waals surface area contributed by atoms with E-state index in [2.05, 4.69) is 37.1 Å². The molecule has 1 aromatic heterocycles. The van der Waals surface area contributed by atoms with Gasteiger partial charge in [-0.1, -0.05) is 6.92 Å². The van der Waals surface area contributed by atoms with Gasteiger partial charge in [-0.3, -0.25) is 0 Å². The number of hydrogen-bond donors (Lipinski definition) is 1. The van der Waals surface area contributed by atoms with E-state index in [0.717, 1.165) is 6.54 Å². The molecule has 0 aliphatic carbocycles. The van der Waals surface area contributed by atoms with E-state index in [-0.39, 0.29) is 0 Å². The van der Waals surface area contributed by atoms with Crippen LogP contribution in [0.25, 0.3) is 0 Å². The maximum atomic E-state index is 4.71. The molecule has 18 heavy (non-hydrogen) atoms. The Morgan fingerprint density at radius 3 is 2.83 bits per heavy atom. The van der Waals surface area contributed by atoms with Crippen LogP contribution in [-0.2, 0) is 6.54 Å². The van der Waals surface area contributed by atoms with Crippen molar-refractivity contribution in [2.24, 2.45) is 0 Å².